The van der Waals surface area contributed by atoms with Crippen molar-refractivity contribution in [2.75, 3.05) is 13.1 Å². The van der Waals surface area contributed by atoms with Gasteiger partial charge in [-0.05, 0) is 30.7 Å². The lowest BCUT2D eigenvalue weighted by Crippen LogP contribution is -2.55. The second kappa shape index (κ2) is 9.42. The molecule has 0 bridgehead atoms. The van der Waals surface area contributed by atoms with Gasteiger partial charge in [-0.15, -0.1) is 0 Å². The number of amides is 2. The number of hydrogen-bond donors (Lipinski definition) is 2. The first-order chi connectivity index (χ1) is 12.0. The van der Waals surface area contributed by atoms with Gasteiger partial charge in [-0.2, -0.15) is 0 Å². The number of nitrogens with zero attached hydrogens (tertiary/aromatic N) is 1. The Morgan fingerprint density at radius 1 is 1.28 bits per heavy atom. The van der Waals surface area contributed by atoms with Crippen molar-refractivity contribution in [3.8, 4) is 0 Å². The number of likely N-dealkylation sites (tertiary alicyclic amines) is 1. The number of alkyl carbamates (subject to hydrolysis) is 1. The molecule has 1 aliphatic rings. The summed E-state index contributed by atoms with van der Waals surface area (Å²) in [6, 6.07) is 9.02. The first-order valence-electron chi connectivity index (χ1n) is 8.99. The molecule has 138 valence electrons. The summed E-state index contributed by atoms with van der Waals surface area (Å²) in [5.41, 5.74) is 6.96. The number of carbonyl (C=O) groups excluding carboxylic acids is 2. The maximum Gasteiger partial charge on any atom is 0.407 e. The largest absolute Gasteiger partial charge is 0.445 e. The van der Waals surface area contributed by atoms with Crippen LogP contribution in [0.15, 0.2) is 30.3 Å². The summed E-state index contributed by atoms with van der Waals surface area (Å²) in [6.07, 6.45) is 2.43. The number of hydrogen-bond acceptors (Lipinski definition) is 4. The third-order valence-corrected chi connectivity index (χ3v) is 4.61. The molecule has 25 heavy (non-hydrogen) atoms. The van der Waals surface area contributed by atoms with Crippen LogP contribution < -0.4 is 11.1 Å². The molecule has 1 saturated heterocycles. The molecule has 0 spiro atoms. The summed E-state index contributed by atoms with van der Waals surface area (Å²) in [5.74, 6) is 0.0676. The number of rotatable bonds is 6. The van der Waals surface area contributed by atoms with Crippen molar-refractivity contribution in [3.05, 3.63) is 35.9 Å². The molecule has 1 aromatic carbocycles. The molecule has 3 N–H and O–H groups in total. The van der Waals surface area contributed by atoms with Gasteiger partial charge in [0.2, 0.25) is 5.91 Å². The van der Waals surface area contributed by atoms with Crippen molar-refractivity contribution in [3.63, 3.8) is 0 Å². The molecule has 6 heteroatoms. The Labute approximate surface area is 149 Å². The van der Waals surface area contributed by atoms with E-state index in [0.717, 1.165) is 24.8 Å². The smallest absolute Gasteiger partial charge is 0.407 e. The summed E-state index contributed by atoms with van der Waals surface area (Å²) < 4.78 is 5.22. The summed E-state index contributed by atoms with van der Waals surface area (Å²) in [5, 5.41) is 2.78. The lowest BCUT2D eigenvalue weighted by Gasteiger charge is -2.37. The summed E-state index contributed by atoms with van der Waals surface area (Å²) >= 11 is 0. The van der Waals surface area contributed by atoms with Gasteiger partial charge in [0.1, 0.15) is 6.61 Å². The van der Waals surface area contributed by atoms with Crippen LogP contribution in [0.2, 0.25) is 0 Å². The molecule has 2 amide bonds. The SMILES string of the molecule is CC(C)[C@H](N)C(=O)N1CCCC[C@H]1CNC(=O)OCc1ccccc1. The van der Waals surface area contributed by atoms with Crippen LogP contribution in [0, 0.1) is 5.92 Å². The van der Waals surface area contributed by atoms with Crippen molar-refractivity contribution in [2.24, 2.45) is 11.7 Å². The van der Waals surface area contributed by atoms with E-state index in [2.05, 4.69) is 5.32 Å². The van der Waals surface area contributed by atoms with Gasteiger partial charge in [0.15, 0.2) is 0 Å². The summed E-state index contributed by atoms with van der Waals surface area (Å²) in [4.78, 5) is 26.3. The molecular formula is C19H29N3O3. The van der Waals surface area contributed by atoms with E-state index in [1.165, 1.54) is 0 Å². The highest BCUT2D eigenvalue weighted by Gasteiger charge is 2.31. The van der Waals surface area contributed by atoms with Gasteiger partial charge < -0.3 is 20.7 Å². The molecular weight excluding hydrogens is 318 g/mol. The highest BCUT2D eigenvalue weighted by Crippen LogP contribution is 2.18. The molecule has 1 fully saturated rings. The Kier molecular flexibility index (Phi) is 7.25. The monoisotopic (exact) mass is 347 g/mol. The molecule has 0 radical (unpaired) electrons. The molecule has 0 saturated carbocycles. The van der Waals surface area contributed by atoms with E-state index >= 15 is 0 Å². The number of ether oxygens (including phenoxy) is 1. The van der Waals surface area contributed by atoms with E-state index in [1.54, 1.807) is 0 Å². The normalized spacial score (nSPS) is 18.7. The van der Waals surface area contributed by atoms with Crippen molar-refractivity contribution in [1.82, 2.24) is 10.2 Å². The van der Waals surface area contributed by atoms with Crippen LogP contribution in [0.25, 0.3) is 0 Å². The Bertz CT molecular complexity index is 562. The molecule has 2 rings (SSSR count). The number of carbonyl (C=O) groups is 2. The first kappa shape index (κ1) is 19.2. The fourth-order valence-electron chi connectivity index (χ4n) is 2.95. The molecule has 0 aliphatic carbocycles. The zero-order chi connectivity index (χ0) is 18.2. The van der Waals surface area contributed by atoms with Gasteiger partial charge in [-0.3, -0.25) is 4.79 Å². The van der Waals surface area contributed by atoms with Crippen molar-refractivity contribution < 1.29 is 14.3 Å². The van der Waals surface area contributed by atoms with Crippen LogP contribution in [0.1, 0.15) is 38.7 Å². The van der Waals surface area contributed by atoms with E-state index < -0.39 is 12.1 Å². The van der Waals surface area contributed by atoms with E-state index in [-0.39, 0.29) is 24.5 Å². The highest BCUT2D eigenvalue weighted by molar-refractivity contribution is 5.82. The van der Waals surface area contributed by atoms with Gasteiger partial charge in [0, 0.05) is 19.1 Å². The lowest BCUT2D eigenvalue weighted by atomic mass is 9.98. The number of nitrogens with two attached hydrogens (primary N) is 1. The Morgan fingerprint density at radius 2 is 2.00 bits per heavy atom. The van der Waals surface area contributed by atoms with Crippen LogP contribution in [-0.4, -0.2) is 42.1 Å². The number of benzene rings is 1. The average Bonchev–Trinajstić information content (AvgIpc) is 2.64. The molecule has 0 unspecified atom stereocenters. The number of piperidine rings is 1. The zero-order valence-corrected chi connectivity index (χ0v) is 15.1. The van der Waals surface area contributed by atoms with Gasteiger partial charge >= 0.3 is 6.09 Å². The zero-order valence-electron chi connectivity index (χ0n) is 15.1. The van der Waals surface area contributed by atoms with Crippen LogP contribution in [-0.2, 0) is 16.1 Å². The maximum absolute atomic E-state index is 12.6. The van der Waals surface area contributed by atoms with Gasteiger partial charge in [-0.1, -0.05) is 44.2 Å². The molecule has 1 aromatic rings. The minimum Gasteiger partial charge on any atom is -0.445 e. The van der Waals surface area contributed by atoms with Crippen LogP contribution in [0.3, 0.4) is 0 Å². The fraction of sp³-hybridized carbons (Fsp3) is 0.579. The lowest BCUT2D eigenvalue weighted by molar-refractivity contribution is -0.137. The van der Waals surface area contributed by atoms with Gasteiger partial charge in [-0.25, -0.2) is 4.79 Å². The van der Waals surface area contributed by atoms with E-state index in [4.69, 9.17) is 10.5 Å². The van der Waals surface area contributed by atoms with Crippen molar-refractivity contribution in [1.29, 1.82) is 0 Å². The van der Waals surface area contributed by atoms with Crippen LogP contribution in [0.4, 0.5) is 4.79 Å². The Hall–Kier alpha value is -2.08. The van der Waals surface area contributed by atoms with Crippen molar-refractivity contribution in [2.45, 2.75) is 51.8 Å². The van der Waals surface area contributed by atoms with E-state index in [9.17, 15) is 9.59 Å². The maximum atomic E-state index is 12.6. The third kappa shape index (κ3) is 5.74. The predicted molar refractivity (Wildman–Crippen MR) is 96.8 cm³/mol. The molecule has 1 heterocycles. The third-order valence-electron chi connectivity index (χ3n) is 4.61. The molecule has 1 aliphatic heterocycles. The standard InChI is InChI=1S/C19H29N3O3/c1-14(2)17(20)18(23)22-11-7-6-10-16(22)12-21-19(24)25-13-15-8-4-3-5-9-15/h3-5,8-9,14,16-17H,6-7,10-13,20H2,1-2H3,(H,21,24)/t16-,17-/m0/s1. The van der Waals surface area contributed by atoms with Crippen LogP contribution in [0.5, 0.6) is 0 Å². The molecule has 0 aromatic heterocycles. The quantitative estimate of drug-likeness (QED) is 0.827. The second-order valence-corrected chi connectivity index (χ2v) is 6.89. The minimum atomic E-state index is -0.495. The van der Waals surface area contributed by atoms with Gasteiger partial charge in [0.25, 0.3) is 0 Å². The Morgan fingerprint density at radius 3 is 2.68 bits per heavy atom. The fourth-order valence-corrected chi connectivity index (χ4v) is 2.95. The topological polar surface area (TPSA) is 84.7 Å². The van der Waals surface area contributed by atoms with E-state index in [1.807, 2.05) is 49.1 Å². The molecule has 6 nitrogen and oxygen atoms in total. The first-order valence-corrected chi connectivity index (χ1v) is 8.99. The van der Waals surface area contributed by atoms with Crippen LogP contribution >= 0.6 is 0 Å². The summed E-state index contributed by atoms with van der Waals surface area (Å²) in [6.45, 7) is 5.22. The average molecular weight is 347 g/mol. The second-order valence-electron chi connectivity index (χ2n) is 6.89. The number of nitrogens with one attached hydrogen (secondary N) is 1. The van der Waals surface area contributed by atoms with Gasteiger partial charge in [0.05, 0.1) is 6.04 Å². The molecule has 2 atom stereocenters. The minimum absolute atomic E-state index is 0.0182. The van der Waals surface area contributed by atoms with Crippen molar-refractivity contribution >= 4 is 12.0 Å². The predicted octanol–water partition coefficient (Wildman–Crippen LogP) is 2.28. The van der Waals surface area contributed by atoms with E-state index in [0.29, 0.717) is 13.1 Å². The summed E-state index contributed by atoms with van der Waals surface area (Å²) in [7, 11) is 0. The highest BCUT2D eigenvalue weighted by atomic mass is 16.5. The Balaban J connectivity index is 1.82.